The average molecular weight is 409 g/mol. The maximum Gasteiger partial charge on any atom is 0.157 e. The number of fused-ring (bicyclic) bond motifs is 1. The summed E-state index contributed by atoms with van der Waals surface area (Å²) in [5.74, 6) is -0.333. The summed E-state index contributed by atoms with van der Waals surface area (Å²) in [6, 6.07) is 4.17. The molecule has 29 heavy (non-hydrogen) atoms. The highest BCUT2D eigenvalue weighted by molar-refractivity contribution is 5.44. The van der Waals surface area contributed by atoms with Crippen LogP contribution in [0.1, 0.15) is 66.1 Å². The van der Waals surface area contributed by atoms with E-state index in [0.29, 0.717) is 16.9 Å². The smallest absolute Gasteiger partial charge is 0.157 e. The number of aliphatic hydroxyl groups excluding tert-OH is 3. The van der Waals surface area contributed by atoms with Crippen LogP contribution in [0.2, 0.25) is 0 Å². The minimum absolute atomic E-state index is 0.127. The molecule has 1 saturated heterocycles. The van der Waals surface area contributed by atoms with Crippen molar-refractivity contribution >= 4 is 0 Å². The maximum absolute atomic E-state index is 10.3. The minimum atomic E-state index is -0.950. The van der Waals surface area contributed by atoms with Gasteiger partial charge < -0.3 is 30.3 Å². The van der Waals surface area contributed by atoms with Gasteiger partial charge in [0.25, 0.3) is 0 Å². The molecule has 5 N–H and O–H groups in total. The molecular weight excluding hydrogens is 372 g/mol. The van der Waals surface area contributed by atoms with Crippen molar-refractivity contribution in [3.63, 3.8) is 0 Å². The number of hydrogen-bond acceptors (Lipinski definition) is 6. The van der Waals surface area contributed by atoms with Gasteiger partial charge in [-0.15, -0.1) is 0 Å². The number of phenolic OH excluding ortho intramolecular Hbond substituents is 2. The van der Waals surface area contributed by atoms with E-state index in [-0.39, 0.29) is 23.7 Å². The second kappa shape index (κ2) is 13.7. The Kier molecular flexibility index (Phi) is 12.5. The topological polar surface area (TPSA) is 110 Å². The van der Waals surface area contributed by atoms with Crippen molar-refractivity contribution in [2.45, 2.75) is 72.7 Å². The van der Waals surface area contributed by atoms with E-state index in [4.69, 9.17) is 4.74 Å². The molecule has 6 heteroatoms. The summed E-state index contributed by atoms with van der Waals surface area (Å²) < 4.78 is 5.72. The number of phenols is 2. The van der Waals surface area contributed by atoms with Crippen molar-refractivity contribution in [2.24, 2.45) is 0 Å². The molecular formula is C23H36O6. The Labute approximate surface area is 174 Å². The van der Waals surface area contributed by atoms with Crippen LogP contribution in [0.5, 0.6) is 11.5 Å². The highest BCUT2D eigenvalue weighted by atomic mass is 16.5. The molecule has 6 nitrogen and oxygen atoms in total. The Morgan fingerprint density at radius 3 is 2.07 bits per heavy atom. The van der Waals surface area contributed by atoms with E-state index in [1.54, 1.807) is 6.07 Å². The minimum Gasteiger partial charge on any atom is -0.508 e. The van der Waals surface area contributed by atoms with Gasteiger partial charge in [0.2, 0.25) is 0 Å². The molecule has 2 aliphatic rings. The van der Waals surface area contributed by atoms with Crippen LogP contribution in [0.15, 0.2) is 53.5 Å². The lowest BCUT2D eigenvalue weighted by atomic mass is 9.93. The second-order valence-corrected chi connectivity index (χ2v) is 6.05. The summed E-state index contributed by atoms with van der Waals surface area (Å²) in [7, 11) is 0. The van der Waals surface area contributed by atoms with Crippen molar-refractivity contribution in [1.29, 1.82) is 0 Å². The van der Waals surface area contributed by atoms with Crippen LogP contribution >= 0.6 is 0 Å². The molecule has 164 valence electrons. The van der Waals surface area contributed by atoms with E-state index in [1.165, 1.54) is 36.8 Å². The van der Waals surface area contributed by atoms with Gasteiger partial charge in [0.15, 0.2) is 11.5 Å². The first-order valence-electron chi connectivity index (χ1n) is 10.2. The molecule has 0 spiro atoms. The zero-order chi connectivity index (χ0) is 22.6. The average Bonchev–Trinajstić information content (AvgIpc) is 2.83. The summed E-state index contributed by atoms with van der Waals surface area (Å²) in [6.07, 6.45) is 3.03. The Morgan fingerprint density at radius 1 is 0.931 bits per heavy atom. The molecule has 1 aliphatic carbocycles. The fraction of sp³-hybridized carbons (Fsp3) is 0.478. The monoisotopic (exact) mass is 408 g/mol. The van der Waals surface area contributed by atoms with Gasteiger partial charge in [-0.25, -0.2) is 0 Å². The number of rotatable bonds is 1. The first-order chi connectivity index (χ1) is 13.8. The van der Waals surface area contributed by atoms with Crippen molar-refractivity contribution in [2.75, 3.05) is 0 Å². The lowest BCUT2D eigenvalue weighted by Crippen LogP contribution is -2.27. The fourth-order valence-corrected chi connectivity index (χ4v) is 2.62. The summed E-state index contributed by atoms with van der Waals surface area (Å²) in [5, 5.41) is 48.6. The molecule has 3 atom stereocenters. The van der Waals surface area contributed by atoms with Gasteiger partial charge in [-0.3, -0.25) is 0 Å². The zero-order valence-corrected chi connectivity index (χ0v) is 18.3. The van der Waals surface area contributed by atoms with Gasteiger partial charge >= 0.3 is 0 Å². The largest absolute Gasteiger partial charge is 0.508 e. The van der Waals surface area contributed by atoms with E-state index in [1.807, 2.05) is 27.7 Å². The zero-order valence-electron chi connectivity index (χ0n) is 18.3. The van der Waals surface area contributed by atoms with Crippen LogP contribution in [-0.4, -0.2) is 37.7 Å². The first kappa shape index (κ1) is 26.6. The molecule has 1 heterocycles. The molecule has 1 fully saturated rings. The number of hydrogen-bond donors (Lipinski definition) is 5. The van der Waals surface area contributed by atoms with Gasteiger partial charge in [-0.2, -0.15) is 0 Å². The van der Waals surface area contributed by atoms with Crippen LogP contribution in [0.4, 0.5) is 0 Å². The molecule has 0 bridgehead atoms. The Balaban J connectivity index is 0.00000100. The number of allylic oxidation sites excluding steroid dienone is 2. The standard InChI is InChI=1S/C16H16O6.C3H8.2C2H6/c17-10-3-9-5-14(21)16(22-15(9)7-11(18)6-10)8-1-2-12(19)13(20)4-8;1-3-2;2*1-2/h1-4,6-7,10,14,16-21H,5H2;3H2,1-2H3;2*1-2H3. The van der Waals surface area contributed by atoms with Gasteiger partial charge in [0, 0.05) is 12.5 Å². The SMILES string of the molecule is CC.CC.CCC.OC1=CC(O)C=C2CC(O)C(c3ccc(O)c(O)c3)OC2=C1. The molecule has 3 unspecified atom stereocenters. The third-order valence-electron chi connectivity index (χ3n) is 3.67. The molecule has 1 aromatic carbocycles. The molecule has 0 radical (unpaired) electrons. The molecule has 0 aromatic heterocycles. The van der Waals surface area contributed by atoms with E-state index in [2.05, 4.69) is 13.8 Å². The number of ether oxygens (including phenoxy) is 1. The van der Waals surface area contributed by atoms with Gasteiger partial charge in [-0.05, 0) is 35.4 Å². The number of aromatic hydroxyl groups is 2. The van der Waals surface area contributed by atoms with Gasteiger partial charge in [-0.1, -0.05) is 54.0 Å². The Morgan fingerprint density at radius 2 is 1.52 bits per heavy atom. The quantitative estimate of drug-likeness (QED) is 0.418. The molecule has 0 amide bonds. The van der Waals surface area contributed by atoms with Gasteiger partial charge in [0.1, 0.15) is 17.6 Å². The van der Waals surface area contributed by atoms with E-state index in [0.717, 1.165) is 0 Å². The first-order valence-corrected chi connectivity index (χ1v) is 10.2. The lowest BCUT2D eigenvalue weighted by molar-refractivity contribution is -0.0223. The molecule has 0 saturated carbocycles. The van der Waals surface area contributed by atoms with E-state index < -0.39 is 18.3 Å². The molecule has 1 aromatic rings. The normalized spacial score (nSPS) is 22.1. The summed E-state index contributed by atoms with van der Waals surface area (Å²) in [5.41, 5.74) is 1.09. The van der Waals surface area contributed by atoms with Crippen LogP contribution in [0.3, 0.4) is 0 Å². The highest BCUT2D eigenvalue weighted by Crippen LogP contribution is 2.40. The summed E-state index contributed by atoms with van der Waals surface area (Å²) in [4.78, 5) is 0. The van der Waals surface area contributed by atoms with E-state index in [9.17, 15) is 25.5 Å². The second-order valence-electron chi connectivity index (χ2n) is 6.05. The molecule has 1 aliphatic heterocycles. The predicted octanol–water partition coefficient (Wildman–Crippen LogP) is 5.02. The van der Waals surface area contributed by atoms with Crippen molar-refractivity contribution < 1.29 is 30.3 Å². The highest BCUT2D eigenvalue weighted by Gasteiger charge is 2.33. The Bertz CT molecular complexity index is 705. The lowest BCUT2D eigenvalue weighted by Gasteiger charge is -2.32. The van der Waals surface area contributed by atoms with Crippen LogP contribution in [-0.2, 0) is 4.74 Å². The summed E-state index contributed by atoms with van der Waals surface area (Å²) >= 11 is 0. The van der Waals surface area contributed by atoms with Gasteiger partial charge in [0.05, 0.1) is 12.2 Å². The third-order valence-corrected chi connectivity index (χ3v) is 3.67. The van der Waals surface area contributed by atoms with Crippen LogP contribution < -0.4 is 0 Å². The van der Waals surface area contributed by atoms with Crippen molar-refractivity contribution in [1.82, 2.24) is 0 Å². The van der Waals surface area contributed by atoms with Crippen molar-refractivity contribution in [3.05, 3.63) is 59.1 Å². The maximum atomic E-state index is 10.3. The predicted molar refractivity (Wildman–Crippen MR) is 116 cm³/mol. The van der Waals surface area contributed by atoms with Crippen molar-refractivity contribution in [3.8, 4) is 11.5 Å². The molecule has 3 rings (SSSR count). The summed E-state index contributed by atoms with van der Waals surface area (Å²) in [6.45, 7) is 12.2. The fourth-order valence-electron chi connectivity index (χ4n) is 2.62. The van der Waals surface area contributed by atoms with E-state index >= 15 is 0 Å². The Hall–Kier alpha value is -2.44. The number of aliphatic hydroxyl groups is 3. The number of benzene rings is 1. The van der Waals surface area contributed by atoms with Crippen LogP contribution in [0, 0.1) is 0 Å². The third kappa shape index (κ3) is 7.83. The van der Waals surface area contributed by atoms with Crippen LogP contribution in [0.25, 0.3) is 0 Å².